The molecule has 0 aromatic rings. The first-order valence-corrected chi connectivity index (χ1v) is 3.65. The number of hydrogen-bond acceptors (Lipinski definition) is 2. The van der Waals surface area contributed by atoms with Crippen LogP contribution in [-0.2, 0) is 10.2 Å². The van der Waals surface area contributed by atoms with Crippen molar-refractivity contribution in [1.82, 2.24) is 0 Å². The number of halogens is 1. The van der Waals surface area contributed by atoms with Crippen LogP contribution in [-0.4, -0.2) is 13.7 Å². The summed E-state index contributed by atoms with van der Waals surface area (Å²) in [5.74, 6) is 0. The van der Waals surface area contributed by atoms with E-state index >= 15 is 0 Å². The van der Waals surface area contributed by atoms with Crippen LogP contribution in [0.2, 0.25) is 0 Å². The van der Waals surface area contributed by atoms with Crippen LogP contribution in [0.1, 0.15) is 6.42 Å². The van der Waals surface area contributed by atoms with Crippen molar-refractivity contribution in [2.75, 3.05) is 0 Å². The minimum Gasteiger partial charge on any atom is -0.194 e. The van der Waals surface area contributed by atoms with Crippen molar-refractivity contribution in [3.63, 3.8) is 0 Å². The van der Waals surface area contributed by atoms with Crippen LogP contribution in [0.25, 0.3) is 0 Å². The number of rotatable bonds is 1. The van der Waals surface area contributed by atoms with Crippen molar-refractivity contribution < 1.29 is 12.3 Å². The summed E-state index contributed by atoms with van der Waals surface area (Å²) in [5, 5.41) is -0.845. The quantitative estimate of drug-likeness (QED) is 0.391. The third kappa shape index (κ3) is 0.888. The second-order valence-electron chi connectivity index (χ2n) is 1.68. The lowest BCUT2D eigenvalue weighted by Crippen LogP contribution is -2.18. The molecule has 0 aromatic carbocycles. The van der Waals surface area contributed by atoms with Crippen LogP contribution in [0, 0.1) is 0 Å². The summed E-state index contributed by atoms with van der Waals surface area (Å²) in [4.78, 5) is 0. The molecule has 0 heterocycles. The van der Waals surface area contributed by atoms with Gasteiger partial charge in [0.25, 0.3) is 0 Å². The van der Waals surface area contributed by atoms with Crippen LogP contribution in [0.3, 0.4) is 0 Å². The Bertz CT molecular complexity index is 204. The second-order valence-corrected chi connectivity index (χ2v) is 3.23. The van der Waals surface area contributed by atoms with Crippen molar-refractivity contribution >= 4 is 10.2 Å². The van der Waals surface area contributed by atoms with Gasteiger partial charge in [0.1, 0.15) is 5.25 Å². The third-order valence-electron chi connectivity index (χ3n) is 1.08. The molecule has 1 unspecified atom stereocenters. The molecule has 0 fully saturated rings. The van der Waals surface area contributed by atoms with Crippen molar-refractivity contribution in [2.24, 2.45) is 0 Å². The van der Waals surface area contributed by atoms with E-state index in [1.165, 1.54) is 6.08 Å². The second kappa shape index (κ2) is 1.55. The normalized spacial score (nSPS) is 27.4. The van der Waals surface area contributed by atoms with E-state index in [-0.39, 0.29) is 0 Å². The van der Waals surface area contributed by atoms with Crippen molar-refractivity contribution in [3.05, 3.63) is 12.2 Å². The van der Waals surface area contributed by atoms with E-state index in [2.05, 4.69) is 0 Å². The maximum Gasteiger partial charge on any atom is 0.309 e. The molecule has 0 saturated heterocycles. The lowest BCUT2D eigenvalue weighted by Gasteiger charge is -2.10. The lowest BCUT2D eigenvalue weighted by molar-refractivity contribution is 0.540. The molecule has 46 valence electrons. The molecule has 0 radical (unpaired) electrons. The zero-order chi connectivity index (χ0) is 6.20. The lowest BCUT2D eigenvalue weighted by atomic mass is 10.1. The highest BCUT2D eigenvalue weighted by Crippen LogP contribution is 2.18. The summed E-state index contributed by atoms with van der Waals surface area (Å²) in [5.41, 5.74) is 0. The molecule has 0 aliphatic heterocycles. The Morgan fingerprint density at radius 1 is 1.62 bits per heavy atom. The molecule has 0 aromatic heterocycles. The first-order valence-electron chi connectivity index (χ1n) is 2.21. The van der Waals surface area contributed by atoms with Gasteiger partial charge in [-0.3, -0.25) is 0 Å². The van der Waals surface area contributed by atoms with E-state index in [1.807, 2.05) is 0 Å². The molecule has 1 atom stereocenters. The topological polar surface area (TPSA) is 34.1 Å². The Morgan fingerprint density at radius 3 is 2.12 bits per heavy atom. The molecule has 1 aliphatic carbocycles. The molecule has 1 rings (SSSR count). The fourth-order valence-corrected chi connectivity index (χ4v) is 1.10. The standard InChI is InChI=1S/C4H5FO2S/c5-8(6,7)4-2-1-3-4/h1-2,4H,3H2. The minimum atomic E-state index is -4.25. The Kier molecular flexibility index (Phi) is 1.11. The van der Waals surface area contributed by atoms with Crippen molar-refractivity contribution in [3.8, 4) is 0 Å². The van der Waals surface area contributed by atoms with E-state index in [1.54, 1.807) is 6.08 Å². The zero-order valence-electron chi connectivity index (χ0n) is 4.04. The Morgan fingerprint density at radius 2 is 2.12 bits per heavy atom. The molecule has 0 spiro atoms. The Balaban J connectivity index is 2.77. The van der Waals surface area contributed by atoms with Gasteiger partial charge in [-0.25, -0.2) is 0 Å². The van der Waals surface area contributed by atoms with Gasteiger partial charge in [-0.05, 0) is 6.42 Å². The molecule has 0 bridgehead atoms. The van der Waals surface area contributed by atoms with Crippen molar-refractivity contribution in [1.29, 1.82) is 0 Å². The molecule has 1 aliphatic rings. The van der Waals surface area contributed by atoms with Crippen LogP contribution in [0.4, 0.5) is 3.89 Å². The summed E-state index contributed by atoms with van der Waals surface area (Å²) < 4.78 is 31.5. The summed E-state index contributed by atoms with van der Waals surface area (Å²) in [6.45, 7) is 0. The SMILES string of the molecule is O=S(=O)(F)C1C=CC1. The summed E-state index contributed by atoms with van der Waals surface area (Å²) in [6.07, 6.45) is 3.30. The third-order valence-corrected chi connectivity index (χ3v) is 2.15. The molecular formula is C4H5FO2S. The van der Waals surface area contributed by atoms with Gasteiger partial charge in [-0.2, -0.15) is 8.42 Å². The predicted molar refractivity (Wildman–Crippen MR) is 27.6 cm³/mol. The van der Waals surface area contributed by atoms with E-state index in [4.69, 9.17) is 0 Å². The molecule has 4 heteroatoms. The average molecular weight is 136 g/mol. The highest BCUT2D eigenvalue weighted by molar-refractivity contribution is 7.87. The summed E-state index contributed by atoms with van der Waals surface area (Å²) in [7, 11) is -4.25. The van der Waals surface area contributed by atoms with Gasteiger partial charge < -0.3 is 0 Å². The molecular weight excluding hydrogens is 131 g/mol. The van der Waals surface area contributed by atoms with Gasteiger partial charge in [0.2, 0.25) is 0 Å². The fourth-order valence-electron chi connectivity index (χ4n) is 0.456. The van der Waals surface area contributed by atoms with E-state index in [0.29, 0.717) is 6.42 Å². The highest BCUT2D eigenvalue weighted by Gasteiger charge is 2.24. The Hall–Kier alpha value is -0.380. The van der Waals surface area contributed by atoms with E-state index in [9.17, 15) is 12.3 Å². The predicted octanol–water partition coefficient (Wildman–Crippen LogP) is 0.614. The maximum absolute atomic E-state index is 11.8. The van der Waals surface area contributed by atoms with Gasteiger partial charge in [0, 0.05) is 0 Å². The minimum absolute atomic E-state index is 0.332. The number of allylic oxidation sites excluding steroid dienone is 1. The molecule has 0 amide bonds. The smallest absolute Gasteiger partial charge is 0.194 e. The number of hydrogen-bond donors (Lipinski definition) is 0. The van der Waals surface area contributed by atoms with Gasteiger partial charge in [-0.15, -0.1) is 3.89 Å². The first-order chi connectivity index (χ1) is 3.61. The molecule has 0 N–H and O–H groups in total. The van der Waals surface area contributed by atoms with Crippen LogP contribution < -0.4 is 0 Å². The molecule has 2 nitrogen and oxygen atoms in total. The van der Waals surface area contributed by atoms with E-state index < -0.39 is 15.5 Å². The molecule has 0 saturated carbocycles. The van der Waals surface area contributed by atoms with Crippen LogP contribution >= 0.6 is 0 Å². The van der Waals surface area contributed by atoms with Gasteiger partial charge in [0.05, 0.1) is 0 Å². The largest absolute Gasteiger partial charge is 0.309 e. The van der Waals surface area contributed by atoms with Crippen LogP contribution in [0.5, 0.6) is 0 Å². The Labute approximate surface area is 47.2 Å². The monoisotopic (exact) mass is 136 g/mol. The van der Waals surface area contributed by atoms with Gasteiger partial charge >= 0.3 is 10.2 Å². The first kappa shape index (κ1) is 5.75. The average Bonchev–Trinajstić information content (AvgIpc) is 1.16. The maximum atomic E-state index is 11.8. The zero-order valence-corrected chi connectivity index (χ0v) is 4.86. The molecule has 8 heavy (non-hydrogen) atoms. The van der Waals surface area contributed by atoms with Crippen LogP contribution in [0.15, 0.2) is 12.2 Å². The van der Waals surface area contributed by atoms with E-state index in [0.717, 1.165) is 0 Å². The summed E-state index contributed by atoms with van der Waals surface area (Å²) in [6, 6.07) is 0. The van der Waals surface area contributed by atoms with Gasteiger partial charge in [0.15, 0.2) is 0 Å². The highest BCUT2D eigenvalue weighted by atomic mass is 32.3. The summed E-state index contributed by atoms with van der Waals surface area (Å²) >= 11 is 0. The van der Waals surface area contributed by atoms with Gasteiger partial charge in [-0.1, -0.05) is 12.2 Å². The fraction of sp³-hybridized carbons (Fsp3) is 0.500. The van der Waals surface area contributed by atoms with Crippen molar-refractivity contribution in [2.45, 2.75) is 11.7 Å².